The summed E-state index contributed by atoms with van der Waals surface area (Å²) in [7, 11) is 0. The molecule has 10 heteroatoms. The lowest BCUT2D eigenvalue weighted by atomic mass is 10.00. The fourth-order valence-corrected chi connectivity index (χ4v) is 4.38. The number of amides is 2. The van der Waals surface area contributed by atoms with Crippen molar-refractivity contribution in [2.75, 3.05) is 13.2 Å². The second-order valence-electron chi connectivity index (χ2n) is 10.4. The molecule has 2 amide bonds. The third kappa shape index (κ3) is 7.14. The molecular weight excluding hydrogens is 492 g/mol. The molecule has 2 heterocycles. The number of tetrazole rings is 1. The molecule has 0 radical (unpaired) electrons. The van der Waals surface area contributed by atoms with Gasteiger partial charge in [-0.25, -0.2) is 0 Å². The van der Waals surface area contributed by atoms with Crippen LogP contribution >= 0.6 is 11.6 Å². The topological polar surface area (TPSA) is 102 Å². The minimum Gasteiger partial charge on any atom is -0.376 e. The molecule has 37 heavy (non-hydrogen) atoms. The van der Waals surface area contributed by atoms with Crippen LogP contribution in [0.1, 0.15) is 50.8 Å². The monoisotopic (exact) mass is 524 g/mol. The first-order chi connectivity index (χ1) is 17.6. The summed E-state index contributed by atoms with van der Waals surface area (Å²) in [5.41, 5.74) is 2.06. The van der Waals surface area contributed by atoms with Crippen molar-refractivity contribution in [3.8, 4) is 11.4 Å². The highest BCUT2D eigenvalue weighted by molar-refractivity contribution is 6.30. The summed E-state index contributed by atoms with van der Waals surface area (Å²) in [6, 6.07) is 13.9. The van der Waals surface area contributed by atoms with Gasteiger partial charge < -0.3 is 15.0 Å². The maximum absolute atomic E-state index is 13.8. The smallest absolute Gasteiger partial charge is 0.247 e. The molecule has 196 valence electrons. The second-order valence-corrected chi connectivity index (χ2v) is 10.8. The highest BCUT2D eigenvalue weighted by atomic mass is 35.5. The summed E-state index contributed by atoms with van der Waals surface area (Å²) < 4.78 is 5.85. The van der Waals surface area contributed by atoms with E-state index in [1.807, 2.05) is 52.0 Å². The number of carbonyl (C=O) groups excluding carboxylic acids is 2. The van der Waals surface area contributed by atoms with Crippen molar-refractivity contribution >= 4 is 23.4 Å². The van der Waals surface area contributed by atoms with Crippen LogP contribution in [0.2, 0.25) is 5.02 Å². The number of halogens is 1. The number of hydrogen-bond acceptors (Lipinski definition) is 6. The van der Waals surface area contributed by atoms with E-state index in [1.165, 1.54) is 4.80 Å². The van der Waals surface area contributed by atoms with E-state index >= 15 is 0 Å². The molecule has 1 N–H and O–H groups in total. The molecule has 1 aliphatic heterocycles. The van der Waals surface area contributed by atoms with Crippen molar-refractivity contribution in [3.63, 3.8) is 0 Å². The molecule has 0 spiro atoms. The van der Waals surface area contributed by atoms with Gasteiger partial charge in [0.05, 0.1) is 6.10 Å². The highest BCUT2D eigenvalue weighted by Crippen LogP contribution is 2.26. The van der Waals surface area contributed by atoms with Crippen molar-refractivity contribution in [2.45, 2.75) is 64.8 Å². The van der Waals surface area contributed by atoms with Gasteiger partial charge in [0, 0.05) is 29.3 Å². The van der Waals surface area contributed by atoms with Gasteiger partial charge in [0.2, 0.25) is 17.6 Å². The molecule has 1 aliphatic rings. The number of rotatable bonds is 8. The van der Waals surface area contributed by atoms with E-state index in [0.717, 1.165) is 29.5 Å². The lowest BCUT2D eigenvalue weighted by Gasteiger charge is -2.35. The van der Waals surface area contributed by atoms with Gasteiger partial charge in [0.15, 0.2) is 0 Å². The van der Waals surface area contributed by atoms with Gasteiger partial charge in [-0.15, -0.1) is 10.2 Å². The molecular formula is C27H33ClN6O3. The summed E-state index contributed by atoms with van der Waals surface area (Å²) in [5, 5.41) is 16.2. The van der Waals surface area contributed by atoms with Crippen molar-refractivity contribution < 1.29 is 14.3 Å². The zero-order chi connectivity index (χ0) is 26.6. The Morgan fingerprint density at radius 1 is 1.16 bits per heavy atom. The predicted molar refractivity (Wildman–Crippen MR) is 141 cm³/mol. The van der Waals surface area contributed by atoms with Crippen LogP contribution in [0.3, 0.4) is 0 Å². The Bertz CT molecular complexity index is 1210. The number of nitrogens with zero attached hydrogens (tertiary/aromatic N) is 5. The lowest BCUT2D eigenvalue weighted by molar-refractivity contribution is -0.144. The molecule has 2 aromatic carbocycles. The normalized spacial score (nSPS) is 16.4. The van der Waals surface area contributed by atoms with Gasteiger partial charge in [-0.1, -0.05) is 41.4 Å². The van der Waals surface area contributed by atoms with Crippen LogP contribution in [0.15, 0.2) is 48.5 Å². The lowest BCUT2D eigenvalue weighted by Crippen LogP contribution is -2.51. The quantitative estimate of drug-likeness (QED) is 0.478. The number of aryl methyl sites for hydroxylation is 1. The van der Waals surface area contributed by atoms with Crippen LogP contribution in [0.4, 0.5) is 0 Å². The van der Waals surface area contributed by atoms with Gasteiger partial charge in [0.25, 0.3) is 0 Å². The number of aromatic nitrogens is 4. The summed E-state index contributed by atoms with van der Waals surface area (Å²) in [4.78, 5) is 30.3. The first-order valence-corrected chi connectivity index (χ1v) is 12.8. The van der Waals surface area contributed by atoms with Crippen molar-refractivity contribution in [3.05, 3.63) is 64.7 Å². The van der Waals surface area contributed by atoms with Crippen LogP contribution in [-0.2, 0) is 20.9 Å². The summed E-state index contributed by atoms with van der Waals surface area (Å²) >= 11 is 5.98. The molecule has 4 rings (SSSR count). The standard InChI is InChI=1S/C27H33ClN6O3/c1-18-7-9-19(10-8-18)24(26(36)29-27(2,3)4)33(16-22-6-5-15-37-22)23(35)17-34-31-25(30-32-34)20-11-13-21(28)14-12-20/h7-14,22,24H,5-6,15-17H2,1-4H3,(H,29,36)/t22-,24-/m0/s1. The molecule has 2 atom stereocenters. The molecule has 0 saturated carbocycles. The van der Waals surface area contributed by atoms with Crippen LogP contribution in [-0.4, -0.2) is 61.7 Å². The van der Waals surface area contributed by atoms with Crippen LogP contribution in [0, 0.1) is 6.92 Å². The number of carbonyl (C=O) groups is 2. The molecule has 0 aliphatic carbocycles. The zero-order valence-electron chi connectivity index (χ0n) is 21.6. The molecule has 3 aromatic rings. The Morgan fingerprint density at radius 3 is 2.49 bits per heavy atom. The molecule has 0 bridgehead atoms. The second kappa shape index (κ2) is 11.4. The Hall–Kier alpha value is -3.30. The SMILES string of the molecule is Cc1ccc([C@@H](C(=O)NC(C)(C)C)N(C[C@@H]2CCCO2)C(=O)Cn2nnc(-c3ccc(Cl)cc3)n2)cc1. The fourth-order valence-electron chi connectivity index (χ4n) is 4.26. The third-order valence-electron chi connectivity index (χ3n) is 6.03. The van der Waals surface area contributed by atoms with E-state index in [-0.39, 0.29) is 31.0 Å². The number of benzene rings is 2. The van der Waals surface area contributed by atoms with Crippen molar-refractivity contribution in [1.82, 2.24) is 30.4 Å². The van der Waals surface area contributed by atoms with Crippen LogP contribution in [0.5, 0.6) is 0 Å². The maximum atomic E-state index is 13.8. The molecule has 1 aromatic heterocycles. The summed E-state index contributed by atoms with van der Waals surface area (Å²) in [6.45, 7) is 8.50. The van der Waals surface area contributed by atoms with E-state index in [2.05, 4.69) is 20.7 Å². The Kier molecular flexibility index (Phi) is 8.24. The third-order valence-corrected chi connectivity index (χ3v) is 6.28. The summed E-state index contributed by atoms with van der Waals surface area (Å²) in [6.07, 6.45) is 1.60. The van der Waals surface area contributed by atoms with Gasteiger partial charge in [-0.3, -0.25) is 9.59 Å². The first kappa shape index (κ1) is 26.8. The Morgan fingerprint density at radius 2 is 1.86 bits per heavy atom. The van der Waals surface area contributed by atoms with E-state index in [9.17, 15) is 9.59 Å². The van der Waals surface area contributed by atoms with Gasteiger partial charge >= 0.3 is 0 Å². The fraction of sp³-hybridized carbons (Fsp3) is 0.444. The van der Waals surface area contributed by atoms with E-state index in [1.54, 1.807) is 29.2 Å². The minimum absolute atomic E-state index is 0.146. The molecule has 1 fully saturated rings. The minimum atomic E-state index is -0.837. The van der Waals surface area contributed by atoms with Gasteiger partial charge in [-0.2, -0.15) is 4.80 Å². The predicted octanol–water partition coefficient (Wildman–Crippen LogP) is 3.97. The van der Waals surface area contributed by atoms with Crippen molar-refractivity contribution in [1.29, 1.82) is 0 Å². The van der Waals surface area contributed by atoms with Crippen LogP contribution < -0.4 is 5.32 Å². The zero-order valence-corrected chi connectivity index (χ0v) is 22.4. The Balaban J connectivity index is 1.64. The van der Waals surface area contributed by atoms with Crippen molar-refractivity contribution in [2.24, 2.45) is 0 Å². The maximum Gasteiger partial charge on any atom is 0.247 e. The number of nitrogens with one attached hydrogen (secondary N) is 1. The van der Waals surface area contributed by atoms with Gasteiger partial charge in [0.1, 0.15) is 12.6 Å². The van der Waals surface area contributed by atoms with E-state index < -0.39 is 11.6 Å². The highest BCUT2D eigenvalue weighted by Gasteiger charge is 2.35. The number of hydrogen-bond donors (Lipinski definition) is 1. The van der Waals surface area contributed by atoms with E-state index in [0.29, 0.717) is 17.5 Å². The largest absolute Gasteiger partial charge is 0.376 e. The van der Waals surface area contributed by atoms with E-state index in [4.69, 9.17) is 16.3 Å². The average molecular weight is 525 g/mol. The molecule has 9 nitrogen and oxygen atoms in total. The molecule has 1 saturated heterocycles. The summed E-state index contributed by atoms with van der Waals surface area (Å²) in [5.74, 6) is -0.169. The van der Waals surface area contributed by atoms with Crippen LogP contribution in [0.25, 0.3) is 11.4 Å². The number of ether oxygens (including phenoxy) is 1. The molecule has 0 unspecified atom stereocenters. The Labute approximate surface area is 222 Å². The average Bonchev–Trinajstić information content (AvgIpc) is 3.51. The van der Waals surface area contributed by atoms with Gasteiger partial charge in [-0.05, 0) is 75.6 Å². The first-order valence-electron chi connectivity index (χ1n) is 12.4.